The second-order valence-electron chi connectivity index (χ2n) is 18.1. The lowest BCUT2D eigenvalue weighted by Crippen LogP contribution is -2.13. The fourth-order valence-electron chi connectivity index (χ4n) is 10.6. The molecule has 13 rings (SSSR count). The van der Waals surface area contributed by atoms with Crippen molar-refractivity contribution in [3.8, 4) is 0 Å². The Morgan fingerprint density at radius 1 is 0.164 bits per heavy atom. The minimum absolute atomic E-state index is 0.798. The maximum absolute atomic E-state index is 7.44. The molecule has 1 heterocycles. The quantitative estimate of drug-likeness (QED) is 0.122. The molecule has 0 radical (unpaired) electrons. The number of anilines is 12. The summed E-state index contributed by atoms with van der Waals surface area (Å²) < 4.78 is 7.44. The molecule has 5 nitrogen and oxygen atoms in total. The van der Waals surface area contributed by atoms with Gasteiger partial charge in [-0.05, 0) is 109 Å². The first-order valence-corrected chi connectivity index (χ1v) is 24.8. The van der Waals surface area contributed by atoms with Crippen LogP contribution in [0, 0.1) is 0 Å². The average molecular weight is 937 g/mol. The third-order valence-electron chi connectivity index (χ3n) is 13.8. The topological polar surface area (TPSA) is 26.1 Å². The van der Waals surface area contributed by atoms with E-state index >= 15 is 0 Å². The zero-order chi connectivity index (χ0) is 48.5. The zero-order valence-electron chi connectivity index (χ0n) is 39.9. The first-order chi connectivity index (χ1) is 36.3. The van der Waals surface area contributed by atoms with Crippen LogP contribution in [0.2, 0.25) is 0 Å². The van der Waals surface area contributed by atoms with Crippen LogP contribution in [0.5, 0.6) is 0 Å². The van der Waals surface area contributed by atoms with E-state index < -0.39 is 0 Å². The molecule has 0 aliphatic rings. The highest BCUT2D eigenvalue weighted by Gasteiger charge is 2.27. The zero-order valence-corrected chi connectivity index (χ0v) is 39.9. The third-order valence-corrected chi connectivity index (χ3v) is 13.8. The van der Waals surface area contributed by atoms with Gasteiger partial charge in [-0.25, -0.2) is 0 Å². The monoisotopic (exact) mass is 936 g/mol. The summed E-state index contributed by atoms with van der Waals surface area (Å²) in [7, 11) is 0. The highest BCUT2D eigenvalue weighted by atomic mass is 16.3. The number of nitrogens with zero attached hydrogens (tertiary/aromatic N) is 4. The summed E-state index contributed by atoms with van der Waals surface area (Å²) in [5.74, 6) is 0. The number of rotatable bonds is 12. The highest BCUT2D eigenvalue weighted by Crippen LogP contribution is 2.51. The first-order valence-electron chi connectivity index (χ1n) is 24.8. The van der Waals surface area contributed by atoms with Gasteiger partial charge in [-0.15, -0.1) is 0 Å². The van der Waals surface area contributed by atoms with Crippen molar-refractivity contribution in [3.05, 3.63) is 291 Å². The smallest absolute Gasteiger partial charge is 0.159 e. The molecule has 1 aromatic heterocycles. The molecule has 346 valence electrons. The predicted octanol–water partition coefficient (Wildman–Crippen LogP) is 19.8. The molecule has 0 spiro atoms. The van der Waals surface area contributed by atoms with Crippen molar-refractivity contribution in [1.29, 1.82) is 0 Å². The number of fused-ring (bicyclic) bond motifs is 5. The summed E-state index contributed by atoms with van der Waals surface area (Å²) in [6.45, 7) is 0. The van der Waals surface area contributed by atoms with Crippen LogP contribution in [0.1, 0.15) is 0 Å². The molecule has 12 aromatic carbocycles. The van der Waals surface area contributed by atoms with Crippen LogP contribution in [0.25, 0.3) is 43.5 Å². The Hall–Kier alpha value is -9.84. The molecule has 13 aromatic rings. The minimum Gasteiger partial charge on any atom is -0.452 e. The van der Waals surface area contributed by atoms with Gasteiger partial charge in [-0.1, -0.05) is 182 Å². The van der Waals surface area contributed by atoms with E-state index in [9.17, 15) is 0 Å². The summed E-state index contributed by atoms with van der Waals surface area (Å²) in [5.41, 5.74) is 14.1. The van der Waals surface area contributed by atoms with Crippen molar-refractivity contribution in [2.75, 3.05) is 19.6 Å². The summed E-state index contributed by atoms with van der Waals surface area (Å²) in [5, 5.41) is 6.53. The predicted molar refractivity (Wildman–Crippen MR) is 307 cm³/mol. The van der Waals surface area contributed by atoms with Crippen molar-refractivity contribution in [3.63, 3.8) is 0 Å². The first kappa shape index (κ1) is 43.2. The van der Waals surface area contributed by atoms with E-state index in [-0.39, 0.29) is 0 Å². The molecule has 0 saturated carbocycles. The molecule has 0 amide bonds. The summed E-state index contributed by atoms with van der Waals surface area (Å²) in [6, 6.07) is 103. The molecule has 0 atom stereocenters. The van der Waals surface area contributed by atoms with E-state index in [2.05, 4.69) is 311 Å². The SMILES string of the molecule is c1ccc(N(c2ccccc2)c2ccc(N(c3ccccc3)c3cccc4c3oc3c(N(c5ccccc5)c5ccc(N(c6ccccc6)c6ccccc6)c6ccccc56)cccc34)c3ccccc23)cc1. The fraction of sp³-hybridized carbons (Fsp3) is 0. The van der Waals surface area contributed by atoms with Crippen molar-refractivity contribution < 1.29 is 4.42 Å². The van der Waals surface area contributed by atoms with Crippen LogP contribution < -0.4 is 19.6 Å². The normalized spacial score (nSPS) is 11.3. The van der Waals surface area contributed by atoms with Gasteiger partial charge in [0.1, 0.15) is 0 Å². The molecular formula is C68H48N4O. The molecule has 0 aliphatic heterocycles. The van der Waals surface area contributed by atoms with Gasteiger partial charge in [0.25, 0.3) is 0 Å². The summed E-state index contributed by atoms with van der Waals surface area (Å²) >= 11 is 0. The Labute approximate surface area is 424 Å². The van der Waals surface area contributed by atoms with Crippen molar-refractivity contribution in [1.82, 2.24) is 0 Å². The average Bonchev–Trinajstić information content (AvgIpc) is 3.86. The molecule has 5 heteroatoms. The lowest BCUT2D eigenvalue weighted by atomic mass is 10.0. The molecule has 73 heavy (non-hydrogen) atoms. The van der Waals surface area contributed by atoms with Crippen LogP contribution in [-0.4, -0.2) is 0 Å². The van der Waals surface area contributed by atoms with Crippen LogP contribution in [0.3, 0.4) is 0 Å². The number of hydrogen-bond donors (Lipinski definition) is 0. The van der Waals surface area contributed by atoms with Gasteiger partial charge >= 0.3 is 0 Å². The fourth-order valence-corrected chi connectivity index (χ4v) is 10.6. The highest BCUT2D eigenvalue weighted by molar-refractivity contribution is 6.17. The molecule has 0 aliphatic carbocycles. The Morgan fingerprint density at radius 2 is 0.384 bits per heavy atom. The van der Waals surface area contributed by atoms with Crippen molar-refractivity contribution in [2.24, 2.45) is 0 Å². The van der Waals surface area contributed by atoms with Crippen LogP contribution in [-0.2, 0) is 0 Å². The van der Waals surface area contributed by atoms with Gasteiger partial charge in [0, 0.05) is 66.4 Å². The molecular weight excluding hydrogens is 889 g/mol. The van der Waals surface area contributed by atoms with Crippen molar-refractivity contribution >= 4 is 112 Å². The number of furan rings is 1. The van der Waals surface area contributed by atoms with E-state index in [0.29, 0.717) is 0 Å². The standard InChI is InChI=1S/C68H48N4O/c1-7-25-49(26-8-1)69(50-27-9-2-10-28-50)61-45-47-63(57-39-21-19-37-55(57)61)71(53-33-15-5-16-34-53)65-43-23-41-59-60-42-24-44-66(68(60)73-67(59)65)72(54-35-17-6-18-36-54)64-48-46-62(56-38-20-22-40-58(56)64)70(51-29-11-3-12-30-51)52-31-13-4-14-32-52/h1-48H. The Balaban J connectivity index is 1.01. The van der Waals surface area contributed by atoms with Gasteiger partial charge in [-0.3, -0.25) is 0 Å². The van der Waals surface area contributed by atoms with E-state index in [1.165, 1.54) is 0 Å². The Morgan fingerprint density at radius 3 is 0.658 bits per heavy atom. The van der Waals surface area contributed by atoms with E-state index in [1.54, 1.807) is 0 Å². The summed E-state index contributed by atoms with van der Waals surface area (Å²) in [6.07, 6.45) is 0. The number of hydrogen-bond acceptors (Lipinski definition) is 5. The second kappa shape index (κ2) is 18.8. The molecule has 0 fully saturated rings. The number of para-hydroxylation sites is 8. The molecule has 0 bridgehead atoms. The molecule has 0 unspecified atom stereocenters. The third kappa shape index (κ3) is 7.77. The Bertz CT molecular complexity index is 3690. The maximum atomic E-state index is 7.44. The lowest BCUT2D eigenvalue weighted by molar-refractivity contribution is 0.669. The van der Waals surface area contributed by atoms with Crippen molar-refractivity contribution in [2.45, 2.75) is 0 Å². The Kier molecular flexibility index (Phi) is 11.1. The minimum atomic E-state index is 0.798. The van der Waals surface area contributed by atoms with Gasteiger partial charge < -0.3 is 24.0 Å². The largest absolute Gasteiger partial charge is 0.452 e. The van der Waals surface area contributed by atoms with Crippen LogP contribution >= 0.6 is 0 Å². The maximum Gasteiger partial charge on any atom is 0.159 e. The van der Waals surface area contributed by atoms with E-state index in [1.807, 2.05) is 0 Å². The lowest BCUT2D eigenvalue weighted by Gasteiger charge is -2.30. The van der Waals surface area contributed by atoms with Gasteiger partial charge in [-0.2, -0.15) is 0 Å². The van der Waals surface area contributed by atoms with Gasteiger partial charge in [0.15, 0.2) is 11.2 Å². The molecule has 0 N–H and O–H groups in total. The summed E-state index contributed by atoms with van der Waals surface area (Å²) in [4.78, 5) is 9.41. The van der Waals surface area contributed by atoms with Gasteiger partial charge in [0.05, 0.1) is 34.1 Å². The molecule has 0 saturated heterocycles. The van der Waals surface area contributed by atoms with Crippen LogP contribution in [0.15, 0.2) is 296 Å². The van der Waals surface area contributed by atoms with E-state index in [0.717, 1.165) is 112 Å². The second-order valence-corrected chi connectivity index (χ2v) is 18.1. The van der Waals surface area contributed by atoms with E-state index in [4.69, 9.17) is 4.42 Å². The number of benzene rings is 12. The van der Waals surface area contributed by atoms with Gasteiger partial charge in [0.2, 0.25) is 0 Å². The van der Waals surface area contributed by atoms with Crippen LogP contribution in [0.4, 0.5) is 68.2 Å².